The van der Waals surface area contributed by atoms with Crippen LogP contribution >= 0.6 is 0 Å². The van der Waals surface area contributed by atoms with E-state index in [2.05, 4.69) is 65.0 Å². The molecule has 0 fully saturated rings. The van der Waals surface area contributed by atoms with Crippen LogP contribution in [0.5, 0.6) is 0 Å². The van der Waals surface area contributed by atoms with E-state index < -0.39 is 0 Å². The average molecular weight is 496 g/mol. The number of benzene rings is 5. The second-order valence-electron chi connectivity index (χ2n) is 8.59. The molecular formula is C36H21N3. The normalized spacial score (nSPS) is 9.59. The molecule has 0 unspecified atom stereocenters. The van der Waals surface area contributed by atoms with Gasteiger partial charge in [0.15, 0.2) is 0 Å². The van der Waals surface area contributed by atoms with Crippen LogP contribution in [0.25, 0.3) is 0 Å². The summed E-state index contributed by atoms with van der Waals surface area (Å²) in [4.78, 5) is 2.18. The highest BCUT2D eigenvalue weighted by atomic mass is 15.1. The van der Waals surface area contributed by atoms with E-state index in [-0.39, 0.29) is 0 Å². The molecule has 0 aliphatic heterocycles. The Labute approximate surface area is 228 Å². The molecule has 5 aromatic rings. The smallest absolute Gasteiger partial charge is 0.100 e. The SMILES string of the molecule is N#Cc1cc(C#Cc2ccc(N(c3ccccc3)c3ccccc3)cc2)c(C#N)cc1C#Cc1ccccc1. The lowest BCUT2D eigenvalue weighted by Crippen LogP contribution is -2.09. The van der Waals surface area contributed by atoms with Gasteiger partial charge in [-0.3, -0.25) is 0 Å². The molecule has 5 rings (SSSR count). The molecule has 0 aliphatic rings. The van der Waals surface area contributed by atoms with Crippen LogP contribution in [-0.2, 0) is 0 Å². The van der Waals surface area contributed by atoms with Crippen LogP contribution in [0.1, 0.15) is 33.4 Å². The van der Waals surface area contributed by atoms with Crippen molar-refractivity contribution in [1.29, 1.82) is 10.5 Å². The van der Waals surface area contributed by atoms with E-state index in [0.29, 0.717) is 22.3 Å². The van der Waals surface area contributed by atoms with Gasteiger partial charge in [0.25, 0.3) is 0 Å². The molecule has 0 N–H and O–H groups in total. The summed E-state index contributed by atoms with van der Waals surface area (Å²) in [5, 5.41) is 19.5. The molecule has 0 aromatic heterocycles. The van der Waals surface area contributed by atoms with Gasteiger partial charge in [-0.1, -0.05) is 78.3 Å². The fraction of sp³-hybridized carbons (Fsp3) is 0. The molecule has 0 heterocycles. The first-order chi connectivity index (χ1) is 19.2. The van der Waals surface area contributed by atoms with Crippen LogP contribution in [-0.4, -0.2) is 0 Å². The summed E-state index contributed by atoms with van der Waals surface area (Å²) in [6.45, 7) is 0. The van der Waals surface area contributed by atoms with Crippen LogP contribution in [0, 0.1) is 46.3 Å². The Hall–Kier alpha value is -6.00. The second-order valence-corrected chi connectivity index (χ2v) is 8.59. The number of rotatable bonds is 3. The van der Waals surface area contributed by atoms with E-state index in [1.54, 1.807) is 12.1 Å². The summed E-state index contributed by atoms with van der Waals surface area (Å²) in [7, 11) is 0. The molecule has 39 heavy (non-hydrogen) atoms. The highest BCUT2D eigenvalue weighted by Gasteiger charge is 2.11. The predicted molar refractivity (Wildman–Crippen MR) is 155 cm³/mol. The zero-order valence-corrected chi connectivity index (χ0v) is 21.0. The molecule has 0 atom stereocenters. The van der Waals surface area contributed by atoms with Crippen LogP contribution in [0.3, 0.4) is 0 Å². The molecule has 0 saturated heterocycles. The van der Waals surface area contributed by atoms with E-state index in [1.165, 1.54) is 0 Å². The topological polar surface area (TPSA) is 50.8 Å². The van der Waals surface area contributed by atoms with Crippen LogP contribution in [0.4, 0.5) is 17.1 Å². The van der Waals surface area contributed by atoms with Crippen molar-refractivity contribution in [2.75, 3.05) is 4.90 Å². The lowest BCUT2D eigenvalue weighted by atomic mass is 9.99. The fourth-order valence-corrected chi connectivity index (χ4v) is 4.09. The second kappa shape index (κ2) is 11.8. The highest BCUT2D eigenvalue weighted by molar-refractivity contribution is 5.76. The Morgan fingerprint density at radius 3 is 1.21 bits per heavy atom. The molecular weight excluding hydrogens is 474 g/mol. The molecule has 0 aliphatic carbocycles. The van der Waals surface area contributed by atoms with Crippen LogP contribution in [0.15, 0.2) is 127 Å². The maximum absolute atomic E-state index is 9.75. The van der Waals surface area contributed by atoms with Crippen molar-refractivity contribution in [2.24, 2.45) is 0 Å². The molecule has 3 heteroatoms. The highest BCUT2D eigenvalue weighted by Crippen LogP contribution is 2.34. The van der Waals surface area contributed by atoms with Gasteiger partial charge in [0.05, 0.1) is 11.1 Å². The third-order valence-electron chi connectivity index (χ3n) is 6.01. The molecule has 0 spiro atoms. The minimum Gasteiger partial charge on any atom is -0.311 e. The van der Waals surface area contributed by atoms with Gasteiger partial charge in [-0.25, -0.2) is 0 Å². The summed E-state index contributed by atoms with van der Waals surface area (Å²) in [6, 6.07) is 45.5. The zero-order valence-electron chi connectivity index (χ0n) is 21.0. The summed E-state index contributed by atoms with van der Waals surface area (Å²) in [5.41, 5.74) is 6.53. The van der Waals surface area contributed by atoms with Crippen molar-refractivity contribution in [2.45, 2.75) is 0 Å². The quantitative estimate of drug-likeness (QED) is 0.241. The molecule has 0 amide bonds. The summed E-state index contributed by atoms with van der Waals surface area (Å²) in [6.07, 6.45) is 0. The average Bonchev–Trinajstić information content (AvgIpc) is 3.01. The lowest BCUT2D eigenvalue weighted by molar-refractivity contribution is 1.28. The van der Waals surface area contributed by atoms with Gasteiger partial charge in [0.2, 0.25) is 0 Å². The Kier molecular flexibility index (Phi) is 7.48. The molecule has 3 nitrogen and oxygen atoms in total. The largest absolute Gasteiger partial charge is 0.311 e. The molecule has 5 aromatic carbocycles. The van der Waals surface area contributed by atoms with Gasteiger partial charge in [-0.2, -0.15) is 10.5 Å². The molecule has 0 bridgehead atoms. The van der Waals surface area contributed by atoms with E-state index in [9.17, 15) is 10.5 Å². The van der Waals surface area contributed by atoms with Crippen molar-refractivity contribution < 1.29 is 0 Å². The Balaban J connectivity index is 1.45. The molecule has 0 saturated carbocycles. The number of nitriles is 2. The van der Waals surface area contributed by atoms with Crippen LogP contribution in [0.2, 0.25) is 0 Å². The third-order valence-corrected chi connectivity index (χ3v) is 6.01. The standard InChI is InChI=1S/C36H21N3/c37-26-32-25-31(33(27-38)24-30(32)20-16-28-10-4-1-5-11-28)21-17-29-18-22-36(23-19-29)39(34-12-6-2-7-13-34)35-14-8-3-9-15-35/h1-15,18-19,22-25H. The summed E-state index contributed by atoms with van der Waals surface area (Å²) < 4.78 is 0. The van der Waals surface area contributed by atoms with Gasteiger partial charge >= 0.3 is 0 Å². The number of para-hydroxylation sites is 2. The van der Waals surface area contributed by atoms with Crippen molar-refractivity contribution in [3.63, 3.8) is 0 Å². The van der Waals surface area contributed by atoms with Crippen LogP contribution < -0.4 is 4.90 Å². The van der Waals surface area contributed by atoms with E-state index >= 15 is 0 Å². The number of hydrogen-bond donors (Lipinski definition) is 0. The third kappa shape index (κ3) is 5.88. The Bertz CT molecular complexity index is 1760. The van der Waals surface area contributed by atoms with Gasteiger partial charge < -0.3 is 4.90 Å². The van der Waals surface area contributed by atoms with Crippen molar-refractivity contribution >= 4 is 17.1 Å². The van der Waals surface area contributed by atoms with Gasteiger partial charge in [0, 0.05) is 39.3 Å². The zero-order chi connectivity index (χ0) is 26.9. The number of hydrogen-bond acceptors (Lipinski definition) is 3. The maximum Gasteiger partial charge on any atom is 0.100 e. The Morgan fingerprint density at radius 2 is 0.769 bits per heavy atom. The first-order valence-corrected chi connectivity index (χ1v) is 12.3. The van der Waals surface area contributed by atoms with E-state index in [0.717, 1.165) is 28.2 Å². The summed E-state index contributed by atoms with van der Waals surface area (Å²) >= 11 is 0. The number of nitrogens with zero attached hydrogens (tertiary/aromatic N) is 3. The van der Waals surface area contributed by atoms with E-state index in [4.69, 9.17) is 0 Å². The minimum atomic E-state index is 0.384. The van der Waals surface area contributed by atoms with Gasteiger partial charge in [-0.15, -0.1) is 0 Å². The van der Waals surface area contributed by atoms with E-state index in [1.807, 2.05) is 91.0 Å². The summed E-state index contributed by atoms with van der Waals surface area (Å²) in [5.74, 6) is 12.3. The van der Waals surface area contributed by atoms with Crippen molar-refractivity contribution in [1.82, 2.24) is 0 Å². The molecule has 180 valence electrons. The first-order valence-electron chi connectivity index (χ1n) is 12.3. The lowest BCUT2D eigenvalue weighted by Gasteiger charge is -2.25. The predicted octanol–water partition coefficient (Wildman–Crippen LogP) is 7.70. The maximum atomic E-state index is 9.75. The van der Waals surface area contributed by atoms with Crippen molar-refractivity contribution in [3.05, 3.63) is 161 Å². The minimum absolute atomic E-state index is 0.384. The first kappa shape index (κ1) is 24.7. The molecule has 0 radical (unpaired) electrons. The Morgan fingerprint density at radius 1 is 0.385 bits per heavy atom. The van der Waals surface area contributed by atoms with Crippen molar-refractivity contribution in [3.8, 4) is 35.8 Å². The monoisotopic (exact) mass is 495 g/mol. The van der Waals surface area contributed by atoms with Gasteiger partial charge in [-0.05, 0) is 72.8 Å². The number of anilines is 3. The fourth-order valence-electron chi connectivity index (χ4n) is 4.09. The van der Waals surface area contributed by atoms with Gasteiger partial charge in [0.1, 0.15) is 12.1 Å².